The zero-order chi connectivity index (χ0) is 22.1. The number of amides is 1. The molecular formula is C24H26N6O2. The van der Waals surface area contributed by atoms with E-state index in [9.17, 15) is 9.59 Å². The average molecular weight is 431 g/mol. The van der Waals surface area contributed by atoms with Crippen LogP contribution in [0.2, 0.25) is 0 Å². The number of carbonyl (C=O) groups is 1. The van der Waals surface area contributed by atoms with E-state index >= 15 is 0 Å². The van der Waals surface area contributed by atoms with Crippen molar-refractivity contribution < 1.29 is 4.79 Å². The fraction of sp³-hybridized carbons (Fsp3) is 0.375. The highest BCUT2D eigenvalue weighted by molar-refractivity contribution is 5.94. The van der Waals surface area contributed by atoms with Crippen molar-refractivity contribution in [3.05, 3.63) is 64.6 Å². The molecular weight excluding hydrogens is 404 g/mol. The third kappa shape index (κ3) is 4.26. The number of hydrogen-bond donors (Lipinski definition) is 1. The molecule has 0 bridgehead atoms. The van der Waals surface area contributed by atoms with Crippen LogP contribution >= 0.6 is 0 Å². The predicted molar refractivity (Wildman–Crippen MR) is 123 cm³/mol. The van der Waals surface area contributed by atoms with Gasteiger partial charge in [0.25, 0.3) is 5.56 Å². The Morgan fingerprint density at radius 3 is 2.59 bits per heavy atom. The molecule has 2 fully saturated rings. The molecule has 1 aliphatic heterocycles. The van der Waals surface area contributed by atoms with Gasteiger partial charge in [-0.05, 0) is 62.9 Å². The van der Waals surface area contributed by atoms with Crippen LogP contribution < -0.4 is 15.8 Å². The highest BCUT2D eigenvalue weighted by Gasteiger charge is 2.27. The van der Waals surface area contributed by atoms with Crippen LogP contribution in [-0.4, -0.2) is 39.0 Å². The van der Waals surface area contributed by atoms with E-state index in [0.29, 0.717) is 11.6 Å². The molecule has 1 saturated heterocycles. The number of hydrogen-bond acceptors (Lipinski definition) is 6. The fourth-order valence-electron chi connectivity index (χ4n) is 4.02. The summed E-state index contributed by atoms with van der Waals surface area (Å²) in [7, 11) is 0. The van der Waals surface area contributed by atoms with Crippen molar-refractivity contribution >= 4 is 17.4 Å². The van der Waals surface area contributed by atoms with Gasteiger partial charge in [-0.1, -0.05) is 12.1 Å². The molecule has 1 saturated carbocycles. The van der Waals surface area contributed by atoms with Crippen LogP contribution in [0, 0.1) is 0 Å². The molecule has 1 amide bonds. The van der Waals surface area contributed by atoms with Gasteiger partial charge in [-0.3, -0.25) is 9.59 Å². The first kappa shape index (κ1) is 20.4. The quantitative estimate of drug-likeness (QED) is 0.644. The van der Waals surface area contributed by atoms with E-state index in [1.165, 1.54) is 23.6 Å². The van der Waals surface area contributed by atoms with E-state index < -0.39 is 6.04 Å². The lowest BCUT2D eigenvalue weighted by Crippen LogP contribution is -2.33. The number of nitrogens with zero attached hydrogens (tertiary/aromatic N) is 5. The lowest BCUT2D eigenvalue weighted by molar-refractivity contribution is -0.119. The minimum Gasteiger partial charge on any atom is -0.355 e. The van der Waals surface area contributed by atoms with Gasteiger partial charge in [0.2, 0.25) is 5.91 Å². The second kappa shape index (κ2) is 8.53. The molecule has 164 valence electrons. The van der Waals surface area contributed by atoms with Crippen LogP contribution in [-0.2, 0) is 4.79 Å². The molecule has 2 aliphatic rings. The maximum absolute atomic E-state index is 12.9. The zero-order valence-electron chi connectivity index (χ0n) is 18.1. The monoisotopic (exact) mass is 430 g/mol. The molecule has 0 radical (unpaired) electrons. The molecule has 8 heteroatoms. The van der Waals surface area contributed by atoms with Gasteiger partial charge in [0.15, 0.2) is 5.82 Å². The van der Waals surface area contributed by atoms with Gasteiger partial charge in [-0.15, -0.1) is 10.2 Å². The third-order valence-corrected chi connectivity index (χ3v) is 6.09. The Morgan fingerprint density at radius 1 is 1.06 bits per heavy atom. The van der Waals surface area contributed by atoms with Crippen molar-refractivity contribution in [3.8, 4) is 11.3 Å². The molecule has 32 heavy (non-hydrogen) atoms. The summed E-state index contributed by atoms with van der Waals surface area (Å²) in [6.07, 6.45) is 4.55. The van der Waals surface area contributed by atoms with E-state index in [1.54, 1.807) is 13.0 Å². The average Bonchev–Trinajstić information content (AvgIpc) is 3.52. The second-order valence-corrected chi connectivity index (χ2v) is 8.53. The molecule has 1 N–H and O–H groups in total. The number of benzene rings is 1. The van der Waals surface area contributed by atoms with Gasteiger partial charge in [0, 0.05) is 36.3 Å². The van der Waals surface area contributed by atoms with Crippen LogP contribution in [0.5, 0.6) is 0 Å². The maximum atomic E-state index is 12.9. The molecule has 3 aromatic rings. The van der Waals surface area contributed by atoms with Gasteiger partial charge in [-0.25, -0.2) is 4.68 Å². The van der Waals surface area contributed by atoms with Crippen molar-refractivity contribution in [1.29, 1.82) is 0 Å². The Balaban J connectivity index is 1.31. The summed E-state index contributed by atoms with van der Waals surface area (Å²) < 4.78 is 1.27. The Bertz CT molecular complexity index is 1180. The number of aromatic nitrogens is 4. The van der Waals surface area contributed by atoms with Crippen LogP contribution in [0.1, 0.15) is 50.3 Å². The molecule has 8 nitrogen and oxygen atoms in total. The van der Waals surface area contributed by atoms with Crippen molar-refractivity contribution in [2.75, 3.05) is 23.3 Å². The Morgan fingerprint density at radius 2 is 1.88 bits per heavy atom. The van der Waals surface area contributed by atoms with Crippen molar-refractivity contribution in [2.24, 2.45) is 0 Å². The second-order valence-electron chi connectivity index (χ2n) is 8.53. The lowest BCUT2D eigenvalue weighted by Gasteiger charge is -2.16. The molecule has 2 aromatic heterocycles. The normalized spacial score (nSPS) is 16.7. The van der Waals surface area contributed by atoms with Crippen LogP contribution in [0.4, 0.5) is 11.5 Å². The smallest absolute Gasteiger partial charge is 0.267 e. The summed E-state index contributed by atoms with van der Waals surface area (Å²) in [5, 5.41) is 16.1. The van der Waals surface area contributed by atoms with E-state index in [1.807, 2.05) is 36.4 Å². The van der Waals surface area contributed by atoms with Gasteiger partial charge in [-0.2, -0.15) is 5.10 Å². The molecule has 0 spiro atoms. The van der Waals surface area contributed by atoms with Crippen molar-refractivity contribution in [2.45, 2.75) is 44.6 Å². The minimum atomic E-state index is -0.718. The molecule has 1 aliphatic carbocycles. The summed E-state index contributed by atoms with van der Waals surface area (Å²) in [5.74, 6) is 1.02. The van der Waals surface area contributed by atoms with E-state index in [2.05, 4.69) is 25.5 Å². The summed E-state index contributed by atoms with van der Waals surface area (Å²) in [4.78, 5) is 27.4. The van der Waals surface area contributed by atoms with Crippen LogP contribution in [0.3, 0.4) is 0 Å². The standard InChI is InChI=1S/C24H26N6O2/c1-16(30-23(31)12-10-21(28-30)17-7-8-17)24(32)25-19-6-4-5-18(15-19)20-9-11-22(27-26-20)29-13-2-3-14-29/h4-6,9-12,15-17H,2-3,7-8,13-14H2,1H3,(H,25,32). The Kier molecular flexibility index (Phi) is 5.43. The summed E-state index contributed by atoms with van der Waals surface area (Å²) in [5.41, 5.74) is 2.84. The summed E-state index contributed by atoms with van der Waals surface area (Å²) in [6, 6.07) is 14.0. The first-order chi connectivity index (χ1) is 15.6. The van der Waals surface area contributed by atoms with Crippen molar-refractivity contribution in [1.82, 2.24) is 20.0 Å². The van der Waals surface area contributed by atoms with Crippen LogP contribution in [0.25, 0.3) is 11.3 Å². The highest BCUT2D eigenvalue weighted by Crippen LogP contribution is 2.38. The van der Waals surface area contributed by atoms with Crippen molar-refractivity contribution in [3.63, 3.8) is 0 Å². The highest BCUT2D eigenvalue weighted by atomic mass is 16.2. The van der Waals surface area contributed by atoms with Gasteiger partial charge in [0.1, 0.15) is 6.04 Å². The largest absolute Gasteiger partial charge is 0.355 e. The van der Waals surface area contributed by atoms with E-state index in [0.717, 1.165) is 48.7 Å². The van der Waals surface area contributed by atoms with Crippen LogP contribution in [0.15, 0.2) is 53.3 Å². The van der Waals surface area contributed by atoms with Gasteiger partial charge in [0.05, 0.1) is 11.4 Å². The number of carbonyl (C=O) groups excluding carboxylic acids is 1. The molecule has 1 aromatic carbocycles. The Labute approximate surface area is 186 Å². The lowest BCUT2D eigenvalue weighted by atomic mass is 10.1. The number of anilines is 2. The first-order valence-corrected chi connectivity index (χ1v) is 11.2. The van der Waals surface area contributed by atoms with E-state index in [4.69, 9.17) is 0 Å². The SMILES string of the molecule is CC(C(=O)Nc1cccc(-c2ccc(N3CCCC3)nn2)c1)n1nc(C2CC2)ccc1=O. The van der Waals surface area contributed by atoms with E-state index in [-0.39, 0.29) is 11.5 Å². The molecule has 3 heterocycles. The summed E-state index contributed by atoms with van der Waals surface area (Å²) >= 11 is 0. The number of nitrogens with one attached hydrogen (secondary N) is 1. The topological polar surface area (TPSA) is 93.0 Å². The predicted octanol–water partition coefficient (Wildman–Crippen LogP) is 3.38. The molecule has 1 atom stereocenters. The first-order valence-electron chi connectivity index (χ1n) is 11.2. The maximum Gasteiger partial charge on any atom is 0.267 e. The molecule has 5 rings (SSSR count). The Hall–Kier alpha value is -3.55. The zero-order valence-corrected chi connectivity index (χ0v) is 18.1. The van der Waals surface area contributed by atoms with Gasteiger partial charge >= 0.3 is 0 Å². The minimum absolute atomic E-state index is 0.279. The third-order valence-electron chi connectivity index (χ3n) is 6.09. The molecule has 1 unspecified atom stereocenters. The van der Waals surface area contributed by atoms with Gasteiger partial charge < -0.3 is 10.2 Å². The fourth-order valence-corrected chi connectivity index (χ4v) is 4.02. The summed E-state index contributed by atoms with van der Waals surface area (Å²) in [6.45, 7) is 3.73. The number of rotatable bonds is 6.